The summed E-state index contributed by atoms with van der Waals surface area (Å²) in [7, 11) is 0. The van der Waals surface area contributed by atoms with Gasteiger partial charge >= 0.3 is 12.4 Å². The zero-order valence-corrected chi connectivity index (χ0v) is 6.37. The summed E-state index contributed by atoms with van der Waals surface area (Å²) in [6, 6.07) is 0. The van der Waals surface area contributed by atoms with Crippen molar-refractivity contribution in [3.05, 3.63) is 0 Å². The minimum atomic E-state index is -3.07. The van der Waals surface area contributed by atoms with Crippen LogP contribution in [0.15, 0.2) is 0 Å². The summed E-state index contributed by atoms with van der Waals surface area (Å²) in [5, 5.41) is 8.97. The molecule has 70 valence electrons. The fourth-order valence-electron chi connectivity index (χ4n) is 1.24. The van der Waals surface area contributed by atoms with E-state index in [1.54, 1.807) is 0 Å². The summed E-state index contributed by atoms with van der Waals surface area (Å²) in [6.45, 7) is 0. The Morgan fingerprint density at radius 2 is 2.17 bits per heavy atom. The van der Waals surface area contributed by atoms with Crippen molar-refractivity contribution >= 4 is 5.97 Å². The maximum Gasteiger partial charge on any atom is 0.374 e. The number of rotatable bonds is 2. The van der Waals surface area contributed by atoms with E-state index >= 15 is 0 Å². The van der Waals surface area contributed by atoms with Crippen LogP contribution in [-0.2, 0) is 9.53 Å². The van der Waals surface area contributed by atoms with Gasteiger partial charge in [-0.15, -0.1) is 0 Å². The smallest absolute Gasteiger partial charge is 0.374 e. The summed E-state index contributed by atoms with van der Waals surface area (Å²) >= 11 is 0. The molecule has 1 rings (SSSR count). The summed E-state index contributed by atoms with van der Waals surface area (Å²) < 4.78 is 27.7. The molecule has 1 aliphatic rings. The maximum absolute atomic E-state index is 11.6. The van der Waals surface area contributed by atoms with Crippen LogP contribution in [0.5, 0.6) is 0 Å². The van der Waals surface area contributed by atoms with Gasteiger partial charge < -0.3 is 9.84 Å². The first-order valence-electron chi connectivity index (χ1n) is 3.76. The van der Waals surface area contributed by atoms with E-state index in [2.05, 4.69) is 4.74 Å². The highest BCUT2D eigenvalue weighted by Crippen LogP contribution is 2.22. The van der Waals surface area contributed by atoms with Crippen LogP contribution in [0.25, 0.3) is 0 Å². The topological polar surface area (TPSA) is 46.5 Å². The van der Waals surface area contributed by atoms with Gasteiger partial charge in [-0.05, 0) is 12.8 Å². The molecule has 5 heteroatoms. The Morgan fingerprint density at radius 1 is 1.50 bits per heavy atom. The van der Waals surface area contributed by atoms with Crippen molar-refractivity contribution in [2.75, 3.05) is 0 Å². The van der Waals surface area contributed by atoms with E-state index in [0.29, 0.717) is 12.8 Å². The third-order valence-corrected chi connectivity index (χ3v) is 1.82. The number of alkyl halides is 2. The van der Waals surface area contributed by atoms with Crippen molar-refractivity contribution in [1.82, 2.24) is 0 Å². The Balaban J connectivity index is 2.28. The van der Waals surface area contributed by atoms with E-state index in [9.17, 15) is 13.6 Å². The van der Waals surface area contributed by atoms with Crippen molar-refractivity contribution in [3.63, 3.8) is 0 Å². The average Bonchev–Trinajstić information content (AvgIpc) is 2.35. The number of esters is 1. The molecular weight excluding hydrogens is 170 g/mol. The van der Waals surface area contributed by atoms with Gasteiger partial charge in [0.2, 0.25) is 0 Å². The monoisotopic (exact) mass is 180 g/mol. The number of ether oxygens (including phenoxy) is 1. The Labute approximate surface area is 68.3 Å². The predicted octanol–water partition coefficient (Wildman–Crippen LogP) is 0.708. The second-order valence-corrected chi connectivity index (χ2v) is 2.83. The first-order valence-corrected chi connectivity index (χ1v) is 3.76. The van der Waals surface area contributed by atoms with Gasteiger partial charge in [-0.25, -0.2) is 4.79 Å². The highest BCUT2D eigenvalue weighted by Gasteiger charge is 2.28. The lowest BCUT2D eigenvalue weighted by atomic mass is 10.3. The van der Waals surface area contributed by atoms with Crippen LogP contribution in [0, 0.1) is 0 Å². The number of aliphatic hydroxyl groups excluding tert-OH is 1. The zero-order valence-electron chi connectivity index (χ0n) is 6.37. The molecule has 0 aromatic heterocycles. The SMILES string of the molecule is O=C(OC1CCC(O)C1)C(F)F. The molecule has 0 bridgehead atoms. The largest absolute Gasteiger partial charge is 0.458 e. The van der Waals surface area contributed by atoms with Crippen LogP contribution in [0.3, 0.4) is 0 Å². The van der Waals surface area contributed by atoms with Gasteiger partial charge in [-0.2, -0.15) is 8.78 Å². The van der Waals surface area contributed by atoms with Crippen LogP contribution < -0.4 is 0 Å². The summed E-state index contributed by atoms with van der Waals surface area (Å²) in [5.74, 6) is -1.49. The first kappa shape index (κ1) is 9.38. The van der Waals surface area contributed by atoms with E-state index in [0.717, 1.165) is 0 Å². The summed E-state index contributed by atoms with van der Waals surface area (Å²) in [5.41, 5.74) is 0. The zero-order chi connectivity index (χ0) is 9.14. The lowest BCUT2D eigenvalue weighted by molar-refractivity contribution is -0.161. The molecule has 2 unspecified atom stereocenters. The van der Waals surface area contributed by atoms with Crippen molar-refractivity contribution in [2.24, 2.45) is 0 Å². The second-order valence-electron chi connectivity index (χ2n) is 2.83. The number of carbonyl (C=O) groups is 1. The van der Waals surface area contributed by atoms with E-state index in [-0.39, 0.29) is 6.42 Å². The van der Waals surface area contributed by atoms with Gasteiger partial charge in [-0.1, -0.05) is 0 Å². The molecule has 1 saturated carbocycles. The van der Waals surface area contributed by atoms with Crippen molar-refractivity contribution in [3.8, 4) is 0 Å². The summed E-state index contributed by atoms with van der Waals surface area (Å²) in [4.78, 5) is 10.4. The normalized spacial score (nSPS) is 29.3. The van der Waals surface area contributed by atoms with E-state index in [4.69, 9.17) is 5.11 Å². The molecule has 3 nitrogen and oxygen atoms in total. The van der Waals surface area contributed by atoms with Crippen LogP contribution in [-0.4, -0.2) is 29.7 Å². The number of hydrogen-bond donors (Lipinski definition) is 1. The standard InChI is InChI=1S/C7H10F2O3/c8-6(9)7(11)12-5-2-1-4(10)3-5/h4-6,10H,1-3H2. The Hall–Kier alpha value is -0.710. The first-order chi connectivity index (χ1) is 5.59. The average molecular weight is 180 g/mol. The number of aliphatic hydroxyl groups is 1. The van der Waals surface area contributed by atoms with Gasteiger partial charge in [0.25, 0.3) is 0 Å². The lowest BCUT2D eigenvalue weighted by Crippen LogP contribution is -2.21. The lowest BCUT2D eigenvalue weighted by Gasteiger charge is -2.10. The number of halogens is 2. The van der Waals surface area contributed by atoms with Gasteiger partial charge in [0, 0.05) is 6.42 Å². The molecule has 0 spiro atoms. The molecule has 1 aliphatic carbocycles. The molecule has 0 aromatic rings. The maximum atomic E-state index is 11.6. The number of carbonyl (C=O) groups excluding carboxylic acids is 1. The van der Waals surface area contributed by atoms with E-state index in [1.807, 2.05) is 0 Å². The van der Waals surface area contributed by atoms with Gasteiger partial charge in [0.15, 0.2) is 0 Å². The van der Waals surface area contributed by atoms with Crippen molar-refractivity contribution in [2.45, 2.75) is 37.9 Å². The van der Waals surface area contributed by atoms with Crippen molar-refractivity contribution in [1.29, 1.82) is 0 Å². The second kappa shape index (κ2) is 3.80. The molecule has 0 radical (unpaired) electrons. The summed E-state index contributed by atoms with van der Waals surface area (Å²) in [6.07, 6.45) is -2.84. The molecule has 0 saturated heterocycles. The van der Waals surface area contributed by atoms with Gasteiger partial charge in [0.05, 0.1) is 6.10 Å². The molecule has 0 amide bonds. The number of hydrogen-bond acceptors (Lipinski definition) is 3. The van der Waals surface area contributed by atoms with E-state index in [1.165, 1.54) is 0 Å². The highest BCUT2D eigenvalue weighted by atomic mass is 19.3. The van der Waals surface area contributed by atoms with Crippen LogP contribution in [0.4, 0.5) is 8.78 Å². The van der Waals surface area contributed by atoms with Crippen LogP contribution in [0.2, 0.25) is 0 Å². The van der Waals surface area contributed by atoms with Gasteiger partial charge in [-0.3, -0.25) is 0 Å². The molecule has 0 aliphatic heterocycles. The van der Waals surface area contributed by atoms with Gasteiger partial charge in [0.1, 0.15) is 6.10 Å². The molecule has 1 N–H and O–H groups in total. The van der Waals surface area contributed by atoms with Crippen molar-refractivity contribution < 1.29 is 23.4 Å². The molecule has 2 atom stereocenters. The fraction of sp³-hybridized carbons (Fsp3) is 0.857. The minimum Gasteiger partial charge on any atom is -0.458 e. The Morgan fingerprint density at radius 3 is 2.58 bits per heavy atom. The molecule has 0 aromatic carbocycles. The minimum absolute atomic E-state index is 0.276. The van der Waals surface area contributed by atoms with E-state index < -0.39 is 24.6 Å². The fourth-order valence-corrected chi connectivity index (χ4v) is 1.24. The third-order valence-electron chi connectivity index (χ3n) is 1.82. The van der Waals surface area contributed by atoms with Crippen LogP contribution >= 0.6 is 0 Å². The predicted molar refractivity (Wildman–Crippen MR) is 35.7 cm³/mol. The molecule has 12 heavy (non-hydrogen) atoms. The molecule has 0 heterocycles. The molecule has 1 fully saturated rings. The third kappa shape index (κ3) is 2.41. The highest BCUT2D eigenvalue weighted by molar-refractivity contribution is 5.72. The Bertz CT molecular complexity index is 172. The quantitative estimate of drug-likeness (QED) is 0.636. The Kier molecular flexibility index (Phi) is 2.97. The van der Waals surface area contributed by atoms with Crippen LogP contribution in [0.1, 0.15) is 19.3 Å². The molecular formula is C7H10F2O3.